The Morgan fingerprint density at radius 2 is 1.96 bits per heavy atom. The summed E-state index contributed by atoms with van der Waals surface area (Å²) in [7, 11) is 0. The van der Waals surface area contributed by atoms with Crippen molar-refractivity contribution in [1.82, 2.24) is 25.0 Å². The van der Waals surface area contributed by atoms with E-state index in [1.165, 1.54) is 5.56 Å². The second kappa shape index (κ2) is 6.70. The zero-order valence-corrected chi connectivity index (χ0v) is 15.5. The molecule has 6 nitrogen and oxygen atoms in total. The summed E-state index contributed by atoms with van der Waals surface area (Å²) in [5, 5.41) is 18.9. The van der Waals surface area contributed by atoms with E-state index in [1.54, 1.807) is 12.1 Å². The van der Waals surface area contributed by atoms with Crippen LogP contribution in [0.25, 0.3) is 16.7 Å². The van der Waals surface area contributed by atoms with Gasteiger partial charge >= 0.3 is 0 Å². The van der Waals surface area contributed by atoms with E-state index in [-0.39, 0.29) is 5.75 Å². The van der Waals surface area contributed by atoms with Crippen molar-refractivity contribution in [3.8, 4) is 11.4 Å². The fraction of sp³-hybridized carbons (Fsp3) is 0.400. The molecule has 3 aromatic rings. The lowest BCUT2D eigenvalue weighted by atomic mass is 10.1. The number of hydrogen-bond donors (Lipinski definition) is 2. The zero-order chi connectivity index (χ0) is 18.3. The van der Waals surface area contributed by atoms with Gasteiger partial charge in [-0.3, -0.25) is 4.90 Å². The van der Waals surface area contributed by atoms with Gasteiger partial charge in [0.05, 0.1) is 11.4 Å². The van der Waals surface area contributed by atoms with E-state index >= 15 is 0 Å². The molecule has 1 saturated heterocycles. The number of hydrogen-bond acceptors (Lipinski definition) is 5. The predicted octanol–water partition coefficient (Wildman–Crippen LogP) is 2.62. The lowest BCUT2D eigenvalue weighted by Crippen LogP contribution is -2.53. The van der Waals surface area contributed by atoms with Crippen LogP contribution in [0.15, 0.2) is 36.5 Å². The number of piperazine rings is 1. The number of phenolic OH excluding ortho intramolecular Hbond substituents is 1. The first-order valence-electron chi connectivity index (χ1n) is 9.13. The lowest BCUT2D eigenvalue weighted by Gasteiger charge is -2.37. The number of benzene rings is 1. The van der Waals surface area contributed by atoms with Crippen LogP contribution in [0, 0.1) is 6.92 Å². The molecule has 2 N–H and O–H groups in total. The highest BCUT2D eigenvalue weighted by Crippen LogP contribution is 2.26. The summed E-state index contributed by atoms with van der Waals surface area (Å²) in [5.41, 5.74) is 4.00. The molecule has 0 aliphatic carbocycles. The molecule has 2 aromatic heterocycles. The van der Waals surface area contributed by atoms with Crippen molar-refractivity contribution >= 4 is 11.0 Å². The fourth-order valence-corrected chi connectivity index (χ4v) is 3.73. The van der Waals surface area contributed by atoms with Gasteiger partial charge in [0.25, 0.3) is 0 Å². The third-order valence-electron chi connectivity index (χ3n) is 5.19. The van der Waals surface area contributed by atoms with Crippen LogP contribution >= 0.6 is 0 Å². The van der Waals surface area contributed by atoms with Gasteiger partial charge in [-0.15, -0.1) is 0 Å². The molecule has 0 saturated carbocycles. The molecule has 0 bridgehead atoms. The normalized spacial score (nSPS) is 21.3. The largest absolute Gasteiger partial charge is 0.508 e. The average Bonchev–Trinajstić information content (AvgIpc) is 2.97. The Morgan fingerprint density at radius 3 is 2.73 bits per heavy atom. The van der Waals surface area contributed by atoms with Gasteiger partial charge in [0, 0.05) is 43.3 Å². The molecule has 1 aliphatic heterocycles. The number of aromatic nitrogens is 3. The first kappa shape index (κ1) is 17.0. The smallest absolute Gasteiger partial charge is 0.163 e. The third kappa shape index (κ3) is 3.06. The van der Waals surface area contributed by atoms with Gasteiger partial charge < -0.3 is 10.4 Å². The van der Waals surface area contributed by atoms with Gasteiger partial charge in [0.1, 0.15) is 5.75 Å². The molecule has 0 spiro atoms. The minimum absolute atomic E-state index is 0.248. The van der Waals surface area contributed by atoms with E-state index in [9.17, 15) is 5.11 Å². The number of nitrogens with zero attached hydrogens (tertiary/aromatic N) is 4. The van der Waals surface area contributed by atoms with Crippen LogP contribution in [0.1, 0.15) is 25.1 Å². The lowest BCUT2D eigenvalue weighted by molar-refractivity contribution is 0.139. The SMILES string of the molecule is Cc1nn(-c2ccc(O)cc2)c2nccc(CN3C[C@@H](C)NC[C@@H]3C)c12. The number of aromatic hydroxyl groups is 1. The molecule has 1 fully saturated rings. The molecule has 136 valence electrons. The van der Waals surface area contributed by atoms with Crippen molar-refractivity contribution < 1.29 is 5.11 Å². The first-order valence-corrected chi connectivity index (χ1v) is 9.13. The molecule has 2 atom stereocenters. The van der Waals surface area contributed by atoms with E-state index in [0.29, 0.717) is 12.1 Å². The number of nitrogens with one attached hydrogen (secondary N) is 1. The molecule has 1 aromatic carbocycles. The summed E-state index contributed by atoms with van der Waals surface area (Å²) in [6.07, 6.45) is 1.87. The van der Waals surface area contributed by atoms with Gasteiger partial charge in [0.15, 0.2) is 5.65 Å². The second-order valence-corrected chi connectivity index (χ2v) is 7.27. The fourth-order valence-electron chi connectivity index (χ4n) is 3.73. The van der Waals surface area contributed by atoms with Gasteiger partial charge in [-0.1, -0.05) is 0 Å². The number of aryl methyl sites for hydroxylation is 1. The monoisotopic (exact) mass is 351 g/mol. The summed E-state index contributed by atoms with van der Waals surface area (Å²) < 4.78 is 1.86. The van der Waals surface area contributed by atoms with Crippen molar-refractivity contribution in [2.45, 2.75) is 39.4 Å². The van der Waals surface area contributed by atoms with Crippen LogP contribution in [0.3, 0.4) is 0 Å². The highest BCUT2D eigenvalue weighted by molar-refractivity contribution is 5.83. The van der Waals surface area contributed by atoms with Crippen LogP contribution in [0.2, 0.25) is 0 Å². The minimum Gasteiger partial charge on any atom is -0.508 e. The van der Waals surface area contributed by atoms with Crippen molar-refractivity contribution in [1.29, 1.82) is 0 Å². The second-order valence-electron chi connectivity index (χ2n) is 7.27. The summed E-state index contributed by atoms with van der Waals surface area (Å²) in [4.78, 5) is 7.12. The standard InChI is InChI=1S/C20H25N5O/c1-13-11-24(14(2)10-22-13)12-16-8-9-21-20-19(16)15(3)23-25(20)17-4-6-18(26)7-5-17/h4-9,13-14,22,26H,10-12H2,1-3H3/t13-,14+/m1/s1. The molecule has 3 heterocycles. The molecule has 4 rings (SSSR count). The third-order valence-corrected chi connectivity index (χ3v) is 5.19. The molecule has 0 unspecified atom stereocenters. The summed E-state index contributed by atoms with van der Waals surface area (Å²) >= 11 is 0. The van der Waals surface area contributed by atoms with Crippen LogP contribution in [0.5, 0.6) is 5.75 Å². The van der Waals surface area contributed by atoms with Crippen molar-refractivity contribution in [3.05, 3.63) is 47.8 Å². The number of fused-ring (bicyclic) bond motifs is 1. The van der Waals surface area contributed by atoms with E-state index < -0.39 is 0 Å². The maximum atomic E-state index is 9.54. The Bertz CT molecular complexity index is 918. The topological polar surface area (TPSA) is 66.2 Å². The molecular formula is C20H25N5O. The molecular weight excluding hydrogens is 326 g/mol. The van der Waals surface area contributed by atoms with Gasteiger partial charge in [-0.25, -0.2) is 9.67 Å². The molecule has 6 heteroatoms. The molecule has 1 aliphatic rings. The highest BCUT2D eigenvalue weighted by atomic mass is 16.3. The quantitative estimate of drug-likeness (QED) is 0.759. The van der Waals surface area contributed by atoms with Crippen LogP contribution in [-0.4, -0.2) is 49.9 Å². The van der Waals surface area contributed by atoms with Gasteiger partial charge in [0.2, 0.25) is 0 Å². The van der Waals surface area contributed by atoms with E-state index in [1.807, 2.05) is 29.9 Å². The number of rotatable bonds is 3. The maximum absolute atomic E-state index is 9.54. The van der Waals surface area contributed by atoms with Crippen molar-refractivity contribution in [3.63, 3.8) is 0 Å². The van der Waals surface area contributed by atoms with Gasteiger partial charge in [-0.2, -0.15) is 5.10 Å². The maximum Gasteiger partial charge on any atom is 0.163 e. The number of pyridine rings is 1. The summed E-state index contributed by atoms with van der Waals surface area (Å²) in [6, 6.07) is 10.2. The van der Waals surface area contributed by atoms with Crippen LogP contribution in [-0.2, 0) is 6.54 Å². The molecule has 0 radical (unpaired) electrons. The van der Waals surface area contributed by atoms with Crippen LogP contribution < -0.4 is 5.32 Å². The molecule has 26 heavy (non-hydrogen) atoms. The minimum atomic E-state index is 0.248. The van der Waals surface area contributed by atoms with E-state index in [2.05, 4.69) is 35.1 Å². The first-order chi connectivity index (χ1) is 12.5. The Labute approximate surface area is 153 Å². The summed E-state index contributed by atoms with van der Waals surface area (Å²) in [6.45, 7) is 9.49. The Balaban J connectivity index is 1.74. The van der Waals surface area contributed by atoms with Gasteiger partial charge in [-0.05, 0) is 56.7 Å². The van der Waals surface area contributed by atoms with Crippen LogP contribution in [0.4, 0.5) is 0 Å². The number of phenols is 1. The van der Waals surface area contributed by atoms with Crippen molar-refractivity contribution in [2.75, 3.05) is 13.1 Å². The Hall–Kier alpha value is -2.44. The Kier molecular flexibility index (Phi) is 4.38. The van der Waals surface area contributed by atoms with E-state index in [4.69, 9.17) is 5.10 Å². The predicted molar refractivity (Wildman–Crippen MR) is 103 cm³/mol. The van der Waals surface area contributed by atoms with Crippen molar-refractivity contribution in [2.24, 2.45) is 0 Å². The highest BCUT2D eigenvalue weighted by Gasteiger charge is 2.24. The Morgan fingerprint density at radius 1 is 1.19 bits per heavy atom. The van der Waals surface area contributed by atoms with E-state index in [0.717, 1.165) is 42.0 Å². The zero-order valence-electron chi connectivity index (χ0n) is 15.5. The summed E-state index contributed by atoms with van der Waals surface area (Å²) in [5.74, 6) is 0.248. The average molecular weight is 351 g/mol. The molecule has 0 amide bonds.